The van der Waals surface area contributed by atoms with Crippen molar-refractivity contribution < 1.29 is 9.59 Å². The molecule has 0 bridgehead atoms. The van der Waals surface area contributed by atoms with Crippen molar-refractivity contribution in [2.45, 2.75) is 39.7 Å². The normalized spacial score (nSPS) is 18.9. The van der Waals surface area contributed by atoms with Gasteiger partial charge in [0, 0.05) is 33.0 Å². The number of nitrogens with zero attached hydrogens (tertiary/aromatic N) is 7. The van der Waals surface area contributed by atoms with E-state index >= 15 is 0 Å². The second-order valence-corrected chi connectivity index (χ2v) is 8.74. The van der Waals surface area contributed by atoms with Crippen LogP contribution in [0.1, 0.15) is 34.1 Å². The molecule has 0 saturated carbocycles. The zero-order valence-electron chi connectivity index (χ0n) is 18.7. The molecule has 2 aromatic heterocycles. The summed E-state index contributed by atoms with van der Waals surface area (Å²) in [6.45, 7) is 7.78. The van der Waals surface area contributed by atoms with Crippen molar-refractivity contribution in [3.05, 3.63) is 24.7 Å². The van der Waals surface area contributed by atoms with Crippen molar-refractivity contribution in [1.82, 2.24) is 24.6 Å². The third kappa shape index (κ3) is 3.83. The number of hydrogen-bond acceptors (Lipinski definition) is 7. The number of carbonyl (C=O) groups is 2. The van der Waals surface area contributed by atoms with Crippen LogP contribution in [0.15, 0.2) is 24.7 Å². The molecule has 164 valence electrons. The molecule has 1 N–H and O–H groups in total. The molecule has 0 radical (unpaired) electrons. The highest BCUT2D eigenvalue weighted by molar-refractivity contribution is 6.01. The summed E-state index contributed by atoms with van der Waals surface area (Å²) in [6, 6.07) is 3.87. The average Bonchev–Trinajstić information content (AvgIpc) is 3.32. The van der Waals surface area contributed by atoms with E-state index in [0.29, 0.717) is 30.4 Å². The molecule has 10 heteroatoms. The monoisotopic (exact) mass is 424 g/mol. The van der Waals surface area contributed by atoms with E-state index in [9.17, 15) is 14.9 Å². The van der Waals surface area contributed by atoms with Crippen LogP contribution in [0.3, 0.4) is 0 Å². The van der Waals surface area contributed by atoms with Gasteiger partial charge in [0.15, 0.2) is 0 Å². The number of amides is 2. The summed E-state index contributed by atoms with van der Waals surface area (Å²) in [7, 11) is 3.40. The highest BCUT2D eigenvalue weighted by Crippen LogP contribution is 2.40. The molecule has 2 aromatic rings. The minimum absolute atomic E-state index is 0.0842. The van der Waals surface area contributed by atoms with E-state index in [1.807, 2.05) is 13.8 Å². The molecule has 1 aliphatic heterocycles. The van der Waals surface area contributed by atoms with Gasteiger partial charge in [-0.25, -0.2) is 4.98 Å². The largest absolute Gasteiger partial charge is 0.347 e. The summed E-state index contributed by atoms with van der Waals surface area (Å²) in [5.41, 5.74) is -1.27. The van der Waals surface area contributed by atoms with Gasteiger partial charge in [-0.15, -0.1) is 0 Å². The molecule has 3 rings (SSSR count). The smallest absolute Gasteiger partial charge is 0.249 e. The number of anilines is 3. The summed E-state index contributed by atoms with van der Waals surface area (Å²) in [6.07, 6.45) is 5.32. The van der Waals surface area contributed by atoms with Crippen LogP contribution in [0.4, 0.5) is 17.5 Å². The van der Waals surface area contributed by atoms with Gasteiger partial charge in [-0.3, -0.25) is 19.2 Å². The van der Waals surface area contributed by atoms with Gasteiger partial charge in [0.1, 0.15) is 16.8 Å². The number of aromatic nitrogens is 4. The second-order valence-electron chi connectivity index (χ2n) is 8.74. The van der Waals surface area contributed by atoms with Crippen molar-refractivity contribution >= 4 is 29.3 Å². The highest BCUT2D eigenvalue weighted by atomic mass is 16.2. The van der Waals surface area contributed by atoms with Gasteiger partial charge in [0.2, 0.25) is 17.8 Å². The van der Waals surface area contributed by atoms with Crippen LogP contribution in [0.25, 0.3) is 0 Å². The lowest BCUT2D eigenvalue weighted by Crippen LogP contribution is -2.44. The molecule has 1 saturated heterocycles. The topological polar surface area (TPSA) is 120 Å². The molecule has 1 fully saturated rings. The van der Waals surface area contributed by atoms with E-state index in [0.717, 1.165) is 0 Å². The fourth-order valence-electron chi connectivity index (χ4n) is 3.75. The quantitative estimate of drug-likeness (QED) is 0.754. The Morgan fingerprint density at radius 1 is 1.39 bits per heavy atom. The van der Waals surface area contributed by atoms with E-state index in [4.69, 9.17) is 0 Å². The van der Waals surface area contributed by atoms with Gasteiger partial charge < -0.3 is 10.2 Å². The summed E-state index contributed by atoms with van der Waals surface area (Å²) in [5.74, 6) is 0.329. The number of nitriles is 1. The first-order valence-corrected chi connectivity index (χ1v) is 10.1. The summed E-state index contributed by atoms with van der Waals surface area (Å²) in [4.78, 5) is 37.2. The average molecular weight is 425 g/mol. The molecule has 3 heterocycles. The molecule has 1 aliphatic rings. The summed E-state index contributed by atoms with van der Waals surface area (Å²) < 4.78 is 1.58. The fourth-order valence-corrected chi connectivity index (χ4v) is 3.75. The highest BCUT2D eigenvalue weighted by Gasteiger charge is 2.50. The number of likely N-dealkylation sites (N-methyl/N-ethyl adjacent to an activating group) is 1. The maximum Gasteiger partial charge on any atom is 0.249 e. The first-order chi connectivity index (χ1) is 14.5. The Morgan fingerprint density at radius 3 is 2.68 bits per heavy atom. The van der Waals surface area contributed by atoms with E-state index in [-0.39, 0.29) is 17.7 Å². The Balaban J connectivity index is 1.80. The van der Waals surface area contributed by atoms with Gasteiger partial charge in [0.05, 0.1) is 18.0 Å². The third-order valence-electron chi connectivity index (χ3n) is 5.80. The number of hydrogen-bond donors (Lipinski definition) is 1. The molecule has 0 spiro atoms. The van der Waals surface area contributed by atoms with Crippen LogP contribution in [0.5, 0.6) is 0 Å². The van der Waals surface area contributed by atoms with Crippen LogP contribution >= 0.6 is 0 Å². The van der Waals surface area contributed by atoms with E-state index < -0.39 is 11.0 Å². The van der Waals surface area contributed by atoms with E-state index in [1.54, 1.807) is 62.2 Å². The van der Waals surface area contributed by atoms with Gasteiger partial charge in [0.25, 0.3) is 0 Å². The van der Waals surface area contributed by atoms with E-state index in [1.165, 1.54) is 4.90 Å². The van der Waals surface area contributed by atoms with Gasteiger partial charge in [-0.1, -0.05) is 13.8 Å². The Morgan fingerprint density at radius 2 is 2.10 bits per heavy atom. The molecule has 10 nitrogen and oxygen atoms in total. The second kappa shape index (κ2) is 7.98. The molecule has 0 unspecified atom stereocenters. The molecule has 0 aromatic carbocycles. The van der Waals surface area contributed by atoms with Gasteiger partial charge in [-0.05, 0) is 32.3 Å². The SMILES string of the molecule is CC(C)[C@]1(C#N)CCN(c2ccnc(Nc3cnn(C(C)(C)C(=O)N(C)C)c3)n2)C1=O. The molecular weight excluding hydrogens is 396 g/mol. The minimum atomic E-state index is -1.02. The lowest BCUT2D eigenvalue weighted by Gasteiger charge is -2.27. The maximum atomic E-state index is 13.0. The van der Waals surface area contributed by atoms with Crippen LogP contribution < -0.4 is 10.2 Å². The molecular formula is C21H28N8O2. The Hall–Kier alpha value is -3.48. The van der Waals surface area contributed by atoms with Crippen LogP contribution in [0, 0.1) is 22.7 Å². The van der Waals surface area contributed by atoms with Gasteiger partial charge >= 0.3 is 0 Å². The lowest BCUT2D eigenvalue weighted by atomic mass is 9.77. The zero-order valence-corrected chi connectivity index (χ0v) is 18.7. The zero-order chi connectivity index (χ0) is 23.0. The van der Waals surface area contributed by atoms with Crippen molar-refractivity contribution in [2.24, 2.45) is 11.3 Å². The Labute approximate surface area is 181 Å². The van der Waals surface area contributed by atoms with Crippen LogP contribution in [0.2, 0.25) is 0 Å². The molecule has 31 heavy (non-hydrogen) atoms. The van der Waals surface area contributed by atoms with Crippen molar-refractivity contribution in [2.75, 3.05) is 30.9 Å². The molecule has 0 aliphatic carbocycles. The van der Waals surface area contributed by atoms with Crippen molar-refractivity contribution in [1.29, 1.82) is 5.26 Å². The third-order valence-corrected chi connectivity index (χ3v) is 5.80. The van der Waals surface area contributed by atoms with E-state index in [2.05, 4.69) is 26.5 Å². The van der Waals surface area contributed by atoms with Gasteiger partial charge in [-0.2, -0.15) is 15.3 Å². The first-order valence-electron chi connectivity index (χ1n) is 10.1. The van der Waals surface area contributed by atoms with Crippen molar-refractivity contribution in [3.63, 3.8) is 0 Å². The first kappa shape index (κ1) is 22.2. The lowest BCUT2D eigenvalue weighted by molar-refractivity contribution is -0.137. The maximum absolute atomic E-state index is 13.0. The molecule has 1 atom stereocenters. The predicted octanol–water partition coefficient (Wildman–Crippen LogP) is 2.14. The van der Waals surface area contributed by atoms with Crippen LogP contribution in [-0.2, 0) is 15.1 Å². The van der Waals surface area contributed by atoms with Crippen LogP contribution in [-0.4, -0.2) is 57.1 Å². The minimum Gasteiger partial charge on any atom is -0.347 e. The number of rotatable bonds is 6. The Bertz CT molecular complexity index is 1040. The van der Waals surface area contributed by atoms with Crippen molar-refractivity contribution in [3.8, 4) is 6.07 Å². The predicted molar refractivity (Wildman–Crippen MR) is 115 cm³/mol. The fraction of sp³-hybridized carbons (Fsp3) is 0.524. The summed E-state index contributed by atoms with van der Waals surface area (Å²) in [5, 5.41) is 17.0. The standard InChI is InChI=1S/C21H28N8O2/c1-14(2)21(13-22)8-10-28(18(21)31)16-7-9-23-19(26-16)25-15-11-24-29(12-15)20(3,4)17(30)27(5)6/h7,9,11-12,14H,8,10H2,1-6H3,(H,23,25,26)/t21-/m1/s1. The summed E-state index contributed by atoms with van der Waals surface area (Å²) >= 11 is 0. The Kier molecular flexibility index (Phi) is 5.72. The molecule has 2 amide bonds. The number of nitrogens with one attached hydrogen (secondary N) is 1. The number of carbonyl (C=O) groups excluding carboxylic acids is 2.